The summed E-state index contributed by atoms with van der Waals surface area (Å²) in [6.07, 6.45) is -1.11. The van der Waals surface area contributed by atoms with E-state index >= 15 is 0 Å². The van der Waals surface area contributed by atoms with Crippen molar-refractivity contribution in [2.45, 2.75) is 12.1 Å². The smallest absolute Gasteiger partial charge is 0.273 e. The monoisotopic (exact) mass is 491 g/mol. The van der Waals surface area contributed by atoms with Crippen LogP contribution in [0.15, 0.2) is 109 Å². The number of para-hydroxylation sites is 2. The highest BCUT2D eigenvalue weighted by Crippen LogP contribution is 2.49. The number of benzene rings is 4. The SMILES string of the molecule is O=C1[C@H]2[C@H](ON(c3ccccc3)[C@H]2c2ccccc2[N+](=O)[O-])C(=O)N1c1cccc(-c2ccccc2)c1. The minimum atomic E-state index is -1.11. The van der Waals surface area contributed by atoms with Crippen molar-refractivity contribution in [1.82, 2.24) is 0 Å². The van der Waals surface area contributed by atoms with E-state index in [-0.39, 0.29) is 5.69 Å². The molecule has 4 aromatic rings. The van der Waals surface area contributed by atoms with Gasteiger partial charge in [0.05, 0.1) is 21.9 Å². The van der Waals surface area contributed by atoms with E-state index in [2.05, 4.69) is 0 Å². The number of hydrogen-bond acceptors (Lipinski definition) is 6. The second-order valence-electron chi connectivity index (χ2n) is 8.90. The van der Waals surface area contributed by atoms with E-state index in [4.69, 9.17) is 4.84 Å². The Bertz CT molecular complexity index is 1510. The zero-order chi connectivity index (χ0) is 25.5. The number of hydrogen-bond donors (Lipinski definition) is 0. The average Bonchev–Trinajstić information content (AvgIpc) is 3.45. The zero-order valence-corrected chi connectivity index (χ0v) is 19.5. The van der Waals surface area contributed by atoms with Gasteiger partial charge in [-0.2, -0.15) is 0 Å². The maximum Gasteiger partial charge on any atom is 0.274 e. The highest BCUT2D eigenvalue weighted by atomic mass is 16.7. The number of rotatable bonds is 5. The fourth-order valence-electron chi connectivity index (χ4n) is 5.14. The summed E-state index contributed by atoms with van der Waals surface area (Å²) in [4.78, 5) is 46.2. The molecule has 0 unspecified atom stereocenters. The molecule has 3 atom stereocenters. The number of nitro groups is 1. The van der Waals surface area contributed by atoms with Crippen LogP contribution in [0.1, 0.15) is 11.6 Å². The van der Waals surface area contributed by atoms with Crippen molar-refractivity contribution in [1.29, 1.82) is 0 Å². The summed E-state index contributed by atoms with van der Waals surface area (Å²) in [7, 11) is 0. The van der Waals surface area contributed by atoms with Crippen LogP contribution in [0.5, 0.6) is 0 Å². The average molecular weight is 492 g/mol. The van der Waals surface area contributed by atoms with Crippen molar-refractivity contribution in [3.63, 3.8) is 0 Å². The molecule has 2 saturated heterocycles. The van der Waals surface area contributed by atoms with Crippen molar-refractivity contribution < 1.29 is 19.3 Å². The summed E-state index contributed by atoms with van der Waals surface area (Å²) >= 11 is 0. The van der Waals surface area contributed by atoms with Crippen LogP contribution in [0.25, 0.3) is 11.1 Å². The highest BCUT2D eigenvalue weighted by Gasteiger charge is 2.61. The van der Waals surface area contributed by atoms with E-state index in [0.29, 0.717) is 16.9 Å². The Balaban J connectivity index is 1.44. The normalized spacial score (nSPS) is 20.8. The fraction of sp³-hybridized carbons (Fsp3) is 0.103. The van der Waals surface area contributed by atoms with Gasteiger partial charge in [0.25, 0.3) is 11.6 Å². The third kappa shape index (κ3) is 3.75. The molecule has 0 aliphatic carbocycles. The van der Waals surface area contributed by atoms with Crippen molar-refractivity contribution in [2.75, 3.05) is 9.96 Å². The molecule has 2 heterocycles. The van der Waals surface area contributed by atoms with Crippen LogP contribution >= 0.6 is 0 Å². The first kappa shape index (κ1) is 22.6. The summed E-state index contributed by atoms with van der Waals surface area (Å²) in [5, 5.41) is 13.4. The molecule has 2 aliphatic heterocycles. The molecule has 6 rings (SSSR count). The van der Waals surface area contributed by atoms with Crippen LogP contribution in [-0.2, 0) is 14.4 Å². The van der Waals surface area contributed by atoms with Gasteiger partial charge in [-0.25, -0.2) is 9.96 Å². The van der Waals surface area contributed by atoms with Gasteiger partial charge in [0, 0.05) is 6.07 Å². The Morgan fingerprint density at radius 2 is 1.32 bits per heavy atom. The summed E-state index contributed by atoms with van der Waals surface area (Å²) in [6.45, 7) is 0. The van der Waals surface area contributed by atoms with Crippen LogP contribution in [-0.4, -0.2) is 22.8 Å². The number of nitro benzene ring substituents is 1. The summed E-state index contributed by atoms with van der Waals surface area (Å²) < 4.78 is 0. The Kier molecular flexibility index (Phi) is 5.50. The van der Waals surface area contributed by atoms with Gasteiger partial charge < -0.3 is 0 Å². The number of hydroxylamine groups is 1. The number of amides is 2. The number of nitrogens with zero attached hydrogens (tertiary/aromatic N) is 3. The van der Waals surface area contributed by atoms with Gasteiger partial charge in [0.2, 0.25) is 5.91 Å². The molecule has 4 aromatic carbocycles. The first-order chi connectivity index (χ1) is 18.0. The van der Waals surface area contributed by atoms with E-state index < -0.39 is 34.8 Å². The second kappa shape index (κ2) is 9.00. The van der Waals surface area contributed by atoms with E-state index in [0.717, 1.165) is 16.0 Å². The molecule has 2 amide bonds. The van der Waals surface area contributed by atoms with Crippen molar-refractivity contribution in [3.8, 4) is 11.1 Å². The third-order valence-electron chi connectivity index (χ3n) is 6.79. The molecule has 2 fully saturated rings. The number of carbonyl (C=O) groups is 2. The number of anilines is 2. The first-order valence-electron chi connectivity index (χ1n) is 11.8. The summed E-state index contributed by atoms with van der Waals surface area (Å²) in [5.74, 6) is -1.92. The van der Waals surface area contributed by atoms with Crippen LogP contribution in [0, 0.1) is 16.0 Å². The topological polar surface area (TPSA) is 93.0 Å². The Labute approximate surface area is 212 Å². The summed E-state index contributed by atoms with van der Waals surface area (Å²) in [6, 6.07) is 31.2. The van der Waals surface area contributed by atoms with E-state index in [1.165, 1.54) is 11.1 Å². The lowest BCUT2D eigenvalue weighted by Gasteiger charge is -2.28. The Morgan fingerprint density at radius 3 is 2.05 bits per heavy atom. The van der Waals surface area contributed by atoms with Gasteiger partial charge in [-0.15, -0.1) is 0 Å². The van der Waals surface area contributed by atoms with Crippen LogP contribution in [0.4, 0.5) is 17.1 Å². The molecule has 2 aliphatic rings. The molecule has 0 aromatic heterocycles. The molecular formula is C29H21N3O5. The van der Waals surface area contributed by atoms with Gasteiger partial charge in [0.15, 0.2) is 6.10 Å². The predicted octanol–water partition coefficient (Wildman–Crippen LogP) is 5.31. The lowest BCUT2D eigenvalue weighted by atomic mass is 9.89. The lowest BCUT2D eigenvalue weighted by molar-refractivity contribution is -0.385. The molecule has 37 heavy (non-hydrogen) atoms. The largest absolute Gasteiger partial charge is 0.274 e. The minimum Gasteiger partial charge on any atom is -0.273 e. The molecule has 0 saturated carbocycles. The first-order valence-corrected chi connectivity index (χ1v) is 11.8. The summed E-state index contributed by atoms with van der Waals surface area (Å²) in [5.41, 5.74) is 3.01. The van der Waals surface area contributed by atoms with E-state index in [1.54, 1.807) is 60.7 Å². The van der Waals surface area contributed by atoms with Gasteiger partial charge in [-0.3, -0.25) is 24.5 Å². The predicted molar refractivity (Wildman–Crippen MR) is 137 cm³/mol. The molecule has 8 heteroatoms. The van der Waals surface area contributed by atoms with Gasteiger partial charge in [-0.1, -0.05) is 72.8 Å². The van der Waals surface area contributed by atoms with Crippen molar-refractivity contribution >= 4 is 28.9 Å². The van der Waals surface area contributed by atoms with Crippen molar-refractivity contribution in [3.05, 3.63) is 125 Å². The molecule has 8 nitrogen and oxygen atoms in total. The Morgan fingerprint density at radius 1 is 0.703 bits per heavy atom. The van der Waals surface area contributed by atoms with Crippen LogP contribution in [0.2, 0.25) is 0 Å². The molecule has 0 radical (unpaired) electrons. The minimum absolute atomic E-state index is 0.137. The van der Waals surface area contributed by atoms with Crippen molar-refractivity contribution in [2.24, 2.45) is 5.92 Å². The fourth-order valence-corrected chi connectivity index (χ4v) is 5.14. The molecule has 0 N–H and O–H groups in total. The zero-order valence-electron chi connectivity index (χ0n) is 19.5. The molecule has 0 spiro atoms. The van der Waals surface area contributed by atoms with Gasteiger partial charge in [-0.05, 0) is 41.5 Å². The maximum atomic E-state index is 13.9. The number of carbonyl (C=O) groups excluding carboxylic acids is 2. The van der Waals surface area contributed by atoms with E-state index in [9.17, 15) is 19.7 Å². The van der Waals surface area contributed by atoms with Crippen LogP contribution < -0.4 is 9.96 Å². The third-order valence-corrected chi connectivity index (χ3v) is 6.79. The second-order valence-corrected chi connectivity index (χ2v) is 8.90. The Hall–Kier alpha value is -4.82. The van der Waals surface area contributed by atoms with Gasteiger partial charge >= 0.3 is 0 Å². The highest BCUT2D eigenvalue weighted by molar-refractivity contribution is 6.24. The molecular weight excluding hydrogens is 470 g/mol. The molecule has 182 valence electrons. The standard InChI is InChI=1S/C29H21N3O5/c33-28-25-26(23-16-7-8-17-24(23)32(35)36)31(21-13-5-2-6-14-21)37-27(25)29(34)30(28)22-15-9-12-20(18-22)19-10-3-1-4-11-19/h1-18,25-27H/t25-,26+,27+/m1/s1. The van der Waals surface area contributed by atoms with E-state index in [1.807, 2.05) is 42.5 Å². The van der Waals surface area contributed by atoms with Gasteiger partial charge in [0.1, 0.15) is 12.0 Å². The lowest BCUT2D eigenvalue weighted by Crippen LogP contribution is -2.37. The quantitative estimate of drug-likeness (QED) is 0.213. The number of imide groups is 1. The van der Waals surface area contributed by atoms with Crippen LogP contribution in [0.3, 0.4) is 0 Å². The maximum absolute atomic E-state index is 13.9. The molecule has 0 bridgehead atoms. The number of fused-ring (bicyclic) bond motifs is 1.